The van der Waals surface area contributed by atoms with Crippen LogP contribution in [0.3, 0.4) is 0 Å². The van der Waals surface area contributed by atoms with E-state index in [9.17, 15) is 0 Å². The van der Waals surface area contributed by atoms with Gasteiger partial charge in [-0.3, -0.25) is 0 Å². The van der Waals surface area contributed by atoms with Gasteiger partial charge in [-0.1, -0.05) is 0 Å². The molecule has 5 heteroatoms. The monoisotopic (exact) mass is 215 g/mol. The minimum absolute atomic E-state index is 0.277. The van der Waals surface area contributed by atoms with Crippen molar-refractivity contribution in [2.24, 2.45) is 11.7 Å². The van der Waals surface area contributed by atoms with E-state index in [1.54, 1.807) is 0 Å². The molecule has 1 aromatic heterocycles. The standard InChI is InChI=1S/C8H13N3S2/c9-8(6-1-2-12-5-6)3-7-4-10-13-11-7/h4,6,8H,1-3,5,9H2. The molecule has 0 aromatic carbocycles. The van der Waals surface area contributed by atoms with Crippen molar-refractivity contribution in [1.29, 1.82) is 0 Å². The predicted octanol–water partition coefficient (Wildman–Crippen LogP) is 1.16. The van der Waals surface area contributed by atoms with Gasteiger partial charge in [-0.2, -0.15) is 20.5 Å². The Morgan fingerprint density at radius 2 is 2.62 bits per heavy atom. The van der Waals surface area contributed by atoms with Crippen molar-refractivity contribution in [3.05, 3.63) is 11.9 Å². The van der Waals surface area contributed by atoms with Gasteiger partial charge < -0.3 is 5.73 Å². The van der Waals surface area contributed by atoms with Gasteiger partial charge in [-0.05, 0) is 23.8 Å². The average molecular weight is 215 g/mol. The third-order valence-corrected chi connectivity index (χ3v) is 4.13. The number of aromatic nitrogens is 2. The van der Waals surface area contributed by atoms with Crippen molar-refractivity contribution in [3.8, 4) is 0 Å². The molecule has 1 fully saturated rings. The summed E-state index contributed by atoms with van der Waals surface area (Å²) in [4.78, 5) is 0. The largest absolute Gasteiger partial charge is 0.327 e. The average Bonchev–Trinajstić information content (AvgIpc) is 2.74. The third kappa shape index (κ3) is 2.42. The summed E-state index contributed by atoms with van der Waals surface area (Å²) in [5.74, 6) is 3.18. The van der Waals surface area contributed by atoms with Crippen LogP contribution in [0.15, 0.2) is 6.20 Å². The smallest absolute Gasteiger partial charge is 0.0758 e. The molecule has 1 saturated heterocycles. The lowest BCUT2D eigenvalue weighted by molar-refractivity contribution is 0.460. The molecule has 2 heterocycles. The van der Waals surface area contributed by atoms with E-state index in [0.29, 0.717) is 5.92 Å². The Morgan fingerprint density at radius 1 is 1.69 bits per heavy atom. The van der Waals surface area contributed by atoms with Crippen molar-refractivity contribution in [2.45, 2.75) is 18.9 Å². The van der Waals surface area contributed by atoms with E-state index in [0.717, 1.165) is 12.1 Å². The van der Waals surface area contributed by atoms with Crippen LogP contribution < -0.4 is 5.73 Å². The molecule has 2 rings (SSSR count). The zero-order chi connectivity index (χ0) is 9.10. The van der Waals surface area contributed by atoms with Crippen LogP contribution in [0.5, 0.6) is 0 Å². The maximum absolute atomic E-state index is 6.09. The lowest BCUT2D eigenvalue weighted by Crippen LogP contribution is -2.32. The molecule has 2 N–H and O–H groups in total. The first kappa shape index (κ1) is 9.43. The van der Waals surface area contributed by atoms with Crippen molar-refractivity contribution in [1.82, 2.24) is 8.75 Å². The van der Waals surface area contributed by atoms with E-state index >= 15 is 0 Å². The van der Waals surface area contributed by atoms with Crippen molar-refractivity contribution in [3.63, 3.8) is 0 Å². The van der Waals surface area contributed by atoms with E-state index < -0.39 is 0 Å². The van der Waals surface area contributed by atoms with Crippen molar-refractivity contribution >= 4 is 23.5 Å². The van der Waals surface area contributed by atoms with E-state index in [4.69, 9.17) is 5.73 Å². The zero-order valence-electron chi connectivity index (χ0n) is 7.35. The molecule has 3 nitrogen and oxygen atoms in total. The summed E-state index contributed by atoms with van der Waals surface area (Å²) in [7, 11) is 0. The van der Waals surface area contributed by atoms with E-state index in [2.05, 4.69) is 8.75 Å². The fourth-order valence-corrected chi connectivity index (χ4v) is 3.37. The molecule has 2 unspecified atom stereocenters. The third-order valence-electron chi connectivity index (χ3n) is 2.42. The fraction of sp³-hybridized carbons (Fsp3) is 0.750. The fourth-order valence-electron chi connectivity index (χ4n) is 1.57. The van der Waals surface area contributed by atoms with Crippen LogP contribution in [-0.2, 0) is 6.42 Å². The molecule has 0 radical (unpaired) electrons. The van der Waals surface area contributed by atoms with Crippen LogP contribution in [0.25, 0.3) is 0 Å². The molecule has 0 aliphatic carbocycles. The van der Waals surface area contributed by atoms with Crippen LogP contribution in [-0.4, -0.2) is 26.3 Å². The highest BCUT2D eigenvalue weighted by atomic mass is 32.2. The molecule has 1 aliphatic heterocycles. The van der Waals surface area contributed by atoms with Crippen molar-refractivity contribution < 1.29 is 0 Å². The normalized spacial score (nSPS) is 24.8. The van der Waals surface area contributed by atoms with E-state index in [1.165, 1.54) is 29.7 Å². The molecular weight excluding hydrogens is 202 g/mol. The molecule has 2 atom stereocenters. The Morgan fingerprint density at radius 3 is 3.23 bits per heavy atom. The maximum Gasteiger partial charge on any atom is 0.0758 e. The highest BCUT2D eigenvalue weighted by Gasteiger charge is 2.22. The summed E-state index contributed by atoms with van der Waals surface area (Å²) in [6.45, 7) is 0. The summed E-state index contributed by atoms with van der Waals surface area (Å²) in [6.07, 6.45) is 3.98. The molecule has 1 aliphatic rings. The number of nitrogens with zero attached hydrogens (tertiary/aromatic N) is 2. The van der Waals surface area contributed by atoms with Gasteiger partial charge in [0.25, 0.3) is 0 Å². The quantitative estimate of drug-likeness (QED) is 0.822. The molecule has 0 bridgehead atoms. The number of nitrogens with two attached hydrogens (primary N) is 1. The summed E-state index contributed by atoms with van der Waals surface area (Å²) >= 11 is 3.27. The molecule has 72 valence electrons. The second-order valence-electron chi connectivity index (χ2n) is 3.39. The van der Waals surface area contributed by atoms with Gasteiger partial charge in [-0.15, -0.1) is 0 Å². The van der Waals surface area contributed by atoms with Crippen LogP contribution >= 0.6 is 23.5 Å². The Bertz CT molecular complexity index is 244. The number of hydrogen-bond acceptors (Lipinski definition) is 5. The van der Waals surface area contributed by atoms with Gasteiger partial charge >= 0.3 is 0 Å². The van der Waals surface area contributed by atoms with Crippen LogP contribution in [0.2, 0.25) is 0 Å². The molecule has 1 aromatic rings. The van der Waals surface area contributed by atoms with E-state index in [1.807, 2.05) is 18.0 Å². The summed E-state index contributed by atoms with van der Waals surface area (Å²) in [6, 6.07) is 0.277. The van der Waals surface area contributed by atoms with Gasteiger partial charge in [-0.25, -0.2) is 0 Å². The first-order chi connectivity index (χ1) is 6.36. The lowest BCUT2D eigenvalue weighted by atomic mass is 9.96. The summed E-state index contributed by atoms with van der Waals surface area (Å²) in [5.41, 5.74) is 7.14. The van der Waals surface area contributed by atoms with Gasteiger partial charge in [0.1, 0.15) is 0 Å². The van der Waals surface area contributed by atoms with Crippen LogP contribution in [0, 0.1) is 5.92 Å². The Kier molecular flexibility index (Phi) is 3.18. The number of rotatable bonds is 3. The second kappa shape index (κ2) is 4.39. The molecule has 0 saturated carbocycles. The number of thioether (sulfide) groups is 1. The summed E-state index contributed by atoms with van der Waals surface area (Å²) in [5, 5.41) is 0. The van der Waals surface area contributed by atoms with Gasteiger partial charge in [0.2, 0.25) is 0 Å². The minimum Gasteiger partial charge on any atom is -0.327 e. The minimum atomic E-state index is 0.277. The molecular formula is C8H13N3S2. The highest BCUT2D eigenvalue weighted by Crippen LogP contribution is 2.26. The topological polar surface area (TPSA) is 51.8 Å². The SMILES string of the molecule is NC(Cc1cnsn1)C1CCSC1. The Labute approximate surface area is 86.4 Å². The first-order valence-electron chi connectivity index (χ1n) is 4.46. The van der Waals surface area contributed by atoms with Crippen LogP contribution in [0.1, 0.15) is 12.1 Å². The highest BCUT2D eigenvalue weighted by molar-refractivity contribution is 7.99. The van der Waals surface area contributed by atoms with Gasteiger partial charge in [0.05, 0.1) is 23.6 Å². The van der Waals surface area contributed by atoms with Crippen LogP contribution in [0.4, 0.5) is 0 Å². The molecule has 0 amide bonds. The Hall–Kier alpha value is -0.130. The number of hydrogen-bond donors (Lipinski definition) is 1. The maximum atomic E-state index is 6.09. The lowest BCUT2D eigenvalue weighted by Gasteiger charge is -2.16. The molecule has 0 spiro atoms. The van der Waals surface area contributed by atoms with Gasteiger partial charge in [0, 0.05) is 12.5 Å². The zero-order valence-corrected chi connectivity index (χ0v) is 8.98. The Balaban J connectivity index is 1.87. The predicted molar refractivity (Wildman–Crippen MR) is 57.0 cm³/mol. The second-order valence-corrected chi connectivity index (χ2v) is 5.10. The van der Waals surface area contributed by atoms with E-state index in [-0.39, 0.29) is 6.04 Å². The summed E-state index contributed by atoms with van der Waals surface area (Å²) < 4.78 is 8.14. The van der Waals surface area contributed by atoms with Gasteiger partial charge in [0.15, 0.2) is 0 Å². The first-order valence-corrected chi connectivity index (χ1v) is 6.34. The van der Waals surface area contributed by atoms with Crippen molar-refractivity contribution in [2.75, 3.05) is 11.5 Å². The molecule has 13 heavy (non-hydrogen) atoms.